The monoisotopic (exact) mass is 305 g/mol. The molecule has 0 atom stereocenters. The predicted molar refractivity (Wildman–Crippen MR) is 78.5 cm³/mol. The molecule has 2 heterocycles. The minimum Gasteiger partial charge on any atom is -0.480 e. The Labute approximate surface area is 125 Å². The second kappa shape index (κ2) is 6.04. The van der Waals surface area contributed by atoms with Crippen LogP contribution >= 0.6 is 11.3 Å². The molecule has 0 saturated heterocycles. The largest absolute Gasteiger partial charge is 0.480 e. The smallest absolute Gasteiger partial charge is 0.320 e. The van der Waals surface area contributed by atoms with Gasteiger partial charge in [0.05, 0.1) is 31.7 Å². The van der Waals surface area contributed by atoms with Gasteiger partial charge in [0, 0.05) is 11.3 Å². The van der Waals surface area contributed by atoms with Gasteiger partial charge in [-0.3, -0.25) is 5.32 Å². The zero-order valence-corrected chi connectivity index (χ0v) is 12.3. The number of nitrogens with one attached hydrogen (secondary N) is 2. The van der Waals surface area contributed by atoms with Gasteiger partial charge >= 0.3 is 6.03 Å². The second-order valence-electron chi connectivity index (χ2n) is 4.69. The van der Waals surface area contributed by atoms with E-state index in [2.05, 4.69) is 31.0 Å². The van der Waals surface area contributed by atoms with Crippen molar-refractivity contribution in [1.82, 2.24) is 20.3 Å². The number of nitrogens with zero attached hydrogens (tertiary/aromatic N) is 3. The number of aromatic nitrogens is 3. The quantitative estimate of drug-likeness (QED) is 0.883. The molecule has 8 heteroatoms. The normalized spacial score (nSPS) is 13.8. The number of anilines is 1. The summed E-state index contributed by atoms with van der Waals surface area (Å²) in [6.07, 6.45) is 5.34. The molecule has 21 heavy (non-hydrogen) atoms. The zero-order chi connectivity index (χ0) is 14.7. The molecule has 0 radical (unpaired) electrons. The third kappa shape index (κ3) is 3.66. The number of methoxy groups -OCH3 is 1. The number of hydrogen-bond donors (Lipinski definition) is 2. The summed E-state index contributed by atoms with van der Waals surface area (Å²) in [6, 6.07) is -0.336. The lowest BCUT2D eigenvalue weighted by Crippen LogP contribution is -2.28. The third-order valence-corrected chi connectivity index (χ3v) is 3.91. The highest BCUT2D eigenvalue weighted by Gasteiger charge is 2.25. The first-order valence-electron chi connectivity index (χ1n) is 6.60. The molecular formula is C13H15N5O2S. The fourth-order valence-corrected chi connectivity index (χ4v) is 2.59. The van der Waals surface area contributed by atoms with Crippen molar-refractivity contribution in [2.24, 2.45) is 0 Å². The van der Waals surface area contributed by atoms with Crippen LogP contribution in [0.5, 0.6) is 5.88 Å². The number of carbonyl (C=O) groups is 1. The molecule has 0 aliphatic heterocycles. The van der Waals surface area contributed by atoms with Crippen LogP contribution in [0.2, 0.25) is 0 Å². The molecule has 110 valence electrons. The molecular weight excluding hydrogens is 290 g/mol. The van der Waals surface area contributed by atoms with Crippen molar-refractivity contribution in [3.63, 3.8) is 0 Å². The van der Waals surface area contributed by atoms with Crippen LogP contribution in [0, 0.1) is 0 Å². The van der Waals surface area contributed by atoms with Gasteiger partial charge in [-0.25, -0.2) is 19.7 Å². The number of rotatable bonds is 5. The Morgan fingerprint density at radius 1 is 1.43 bits per heavy atom. The van der Waals surface area contributed by atoms with Crippen LogP contribution < -0.4 is 15.4 Å². The van der Waals surface area contributed by atoms with Crippen LogP contribution in [-0.2, 0) is 6.54 Å². The second-order valence-corrected chi connectivity index (χ2v) is 5.63. The van der Waals surface area contributed by atoms with Gasteiger partial charge in [-0.15, -0.1) is 11.3 Å². The van der Waals surface area contributed by atoms with Gasteiger partial charge in [0.25, 0.3) is 0 Å². The number of amides is 2. The summed E-state index contributed by atoms with van der Waals surface area (Å²) in [5.74, 6) is 1.40. The Kier molecular flexibility index (Phi) is 3.96. The molecule has 1 aliphatic carbocycles. The minimum atomic E-state index is -0.336. The van der Waals surface area contributed by atoms with E-state index in [0.717, 1.165) is 10.7 Å². The molecule has 0 bridgehead atoms. The molecule has 0 unspecified atom stereocenters. The van der Waals surface area contributed by atoms with Gasteiger partial charge in [-0.1, -0.05) is 0 Å². The van der Waals surface area contributed by atoms with Gasteiger partial charge in [0.15, 0.2) is 5.82 Å². The lowest BCUT2D eigenvalue weighted by molar-refractivity contribution is 0.251. The first-order valence-corrected chi connectivity index (χ1v) is 7.48. The summed E-state index contributed by atoms with van der Waals surface area (Å²) in [4.78, 5) is 24.2. The Hall–Kier alpha value is -2.22. The average molecular weight is 305 g/mol. The first kappa shape index (κ1) is 13.7. The zero-order valence-electron chi connectivity index (χ0n) is 11.5. The molecule has 0 spiro atoms. The summed E-state index contributed by atoms with van der Waals surface area (Å²) in [6.45, 7) is 0.410. The van der Waals surface area contributed by atoms with Gasteiger partial charge < -0.3 is 10.1 Å². The Balaban J connectivity index is 1.48. The number of hydrogen-bond acceptors (Lipinski definition) is 6. The minimum absolute atomic E-state index is 0.336. The van der Waals surface area contributed by atoms with Gasteiger partial charge in [0.1, 0.15) is 5.01 Å². The molecule has 3 rings (SSSR count). The molecule has 2 N–H and O–H groups in total. The van der Waals surface area contributed by atoms with E-state index in [0.29, 0.717) is 24.2 Å². The lowest BCUT2D eigenvalue weighted by atomic mass is 10.3. The standard InChI is InChI=1S/C13H15N5O2S/c1-20-11-5-14-10(4-15-11)18-13(19)16-6-12-17-9(7-21-12)8-2-3-8/h4-5,7-8H,2-3,6H2,1H3,(H2,14,16,18,19). The van der Waals surface area contributed by atoms with Crippen molar-refractivity contribution in [3.8, 4) is 5.88 Å². The van der Waals surface area contributed by atoms with Crippen molar-refractivity contribution >= 4 is 23.2 Å². The summed E-state index contributed by atoms with van der Waals surface area (Å²) < 4.78 is 4.90. The van der Waals surface area contributed by atoms with E-state index in [9.17, 15) is 4.79 Å². The van der Waals surface area contributed by atoms with Crippen LogP contribution in [0.1, 0.15) is 29.5 Å². The molecule has 2 aromatic rings. The maximum Gasteiger partial charge on any atom is 0.320 e. The molecule has 1 saturated carbocycles. The SMILES string of the molecule is COc1cnc(NC(=O)NCc2nc(C3CC3)cs2)cn1. The molecule has 1 aliphatic rings. The number of carbonyl (C=O) groups excluding carboxylic acids is 1. The highest BCUT2D eigenvalue weighted by molar-refractivity contribution is 7.09. The predicted octanol–water partition coefficient (Wildman–Crippen LogP) is 2.14. The van der Waals surface area contributed by atoms with E-state index in [1.165, 1.54) is 32.3 Å². The molecule has 2 amide bonds. The van der Waals surface area contributed by atoms with E-state index in [1.54, 1.807) is 11.3 Å². The fourth-order valence-electron chi connectivity index (χ4n) is 1.78. The van der Waals surface area contributed by atoms with Crippen molar-refractivity contribution in [1.29, 1.82) is 0 Å². The Morgan fingerprint density at radius 2 is 2.29 bits per heavy atom. The van der Waals surface area contributed by atoms with E-state index in [-0.39, 0.29) is 6.03 Å². The van der Waals surface area contributed by atoms with Crippen LogP contribution in [0.25, 0.3) is 0 Å². The van der Waals surface area contributed by atoms with Crippen molar-refractivity contribution in [2.75, 3.05) is 12.4 Å². The highest BCUT2D eigenvalue weighted by atomic mass is 32.1. The highest BCUT2D eigenvalue weighted by Crippen LogP contribution is 2.40. The van der Waals surface area contributed by atoms with Crippen LogP contribution in [-0.4, -0.2) is 28.1 Å². The van der Waals surface area contributed by atoms with Crippen molar-refractivity contribution in [2.45, 2.75) is 25.3 Å². The topological polar surface area (TPSA) is 89.0 Å². The number of thiazole rings is 1. The van der Waals surface area contributed by atoms with E-state index in [4.69, 9.17) is 4.74 Å². The molecule has 2 aromatic heterocycles. The Morgan fingerprint density at radius 3 is 2.95 bits per heavy atom. The summed E-state index contributed by atoms with van der Waals surface area (Å²) in [5, 5.41) is 8.33. The number of ether oxygens (including phenoxy) is 1. The maximum atomic E-state index is 11.7. The molecule has 7 nitrogen and oxygen atoms in total. The van der Waals surface area contributed by atoms with Crippen LogP contribution in [0.4, 0.5) is 10.6 Å². The lowest BCUT2D eigenvalue weighted by Gasteiger charge is -2.05. The summed E-state index contributed by atoms with van der Waals surface area (Å²) in [5.41, 5.74) is 1.15. The van der Waals surface area contributed by atoms with Crippen LogP contribution in [0.3, 0.4) is 0 Å². The van der Waals surface area contributed by atoms with Gasteiger partial charge in [0.2, 0.25) is 5.88 Å². The fraction of sp³-hybridized carbons (Fsp3) is 0.385. The van der Waals surface area contributed by atoms with Crippen molar-refractivity contribution < 1.29 is 9.53 Å². The van der Waals surface area contributed by atoms with E-state index in [1.807, 2.05) is 0 Å². The Bertz CT molecular complexity index is 624. The van der Waals surface area contributed by atoms with E-state index >= 15 is 0 Å². The molecule has 0 aromatic carbocycles. The first-order chi connectivity index (χ1) is 10.2. The maximum absolute atomic E-state index is 11.7. The average Bonchev–Trinajstić information content (AvgIpc) is 3.25. The summed E-state index contributed by atoms with van der Waals surface area (Å²) >= 11 is 1.57. The van der Waals surface area contributed by atoms with Crippen molar-refractivity contribution in [3.05, 3.63) is 28.5 Å². The summed E-state index contributed by atoms with van der Waals surface area (Å²) in [7, 11) is 1.51. The van der Waals surface area contributed by atoms with Crippen LogP contribution in [0.15, 0.2) is 17.8 Å². The third-order valence-electron chi connectivity index (χ3n) is 3.04. The van der Waals surface area contributed by atoms with Gasteiger partial charge in [-0.2, -0.15) is 0 Å². The number of urea groups is 1. The van der Waals surface area contributed by atoms with E-state index < -0.39 is 0 Å². The van der Waals surface area contributed by atoms with Gasteiger partial charge in [-0.05, 0) is 12.8 Å². The molecule has 1 fully saturated rings.